The number of anilines is 1. The molecule has 0 aliphatic rings. The third-order valence-corrected chi connectivity index (χ3v) is 2.42. The summed E-state index contributed by atoms with van der Waals surface area (Å²) in [5.41, 5.74) is 5.37. The van der Waals surface area contributed by atoms with Gasteiger partial charge in [-0.25, -0.2) is 4.98 Å². The van der Waals surface area contributed by atoms with Gasteiger partial charge in [0.05, 0.1) is 6.33 Å². The highest BCUT2D eigenvalue weighted by atomic mass is 16.1. The van der Waals surface area contributed by atoms with Gasteiger partial charge < -0.3 is 16.0 Å². The average molecular weight is 224 g/mol. The molecule has 0 saturated heterocycles. The van der Waals surface area contributed by atoms with E-state index in [4.69, 9.17) is 5.73 Å². The van der Waals surface area contributed by atoms with Gasteiger partial charge in [-0.05, 0) is 19.3 Å². The van der Waals surface area contributed by atoms with Gasteiger partial charge in [-0.1, -0.05) is 13.8 Å². The quantitative estimate of drug-likeness (QED) is 0.695. The van der Waals surface area contributed by atoms with E-state index < -0.39 is 0 Å². The Hall–Kier alpha value is -1.36. The Labute approximate surface area is 95.5 Å². The van der Waals surface area contributed by atoms with Crippen LogP contribution in [-0.4, -0.2) is 22.1 Å². The number of aromatic amines is 1. The van der Waals surface area contributed by atoms with Crippen LogP contribution in [0.4, 0.5) is 5.82 Å². The molecule has 1 rings (SSSR count). The van der Waals surface area contributed by atoms with Crippen molar-refractivity contribution in [2.45, 2.75) is 32.7 Å². The minimum absolute atomic E-state index is 0.165. The monoisotopic (exact) mass is 224 g/mol. The lowest BCUT2D eigenvalue weighted by atomic mass is 9.91. The molecule has 0 radical (unpaired) electrons. The van der Waals surface area contributed by atoms with Crippen LogP contribution in [0, 0.1) is 5.92 Å². The Morgan fingerprint density at radius 2 is 2.31 bits per heavy atom. The number of nitrogens with two attached hydrogens (primary N) is 1. The molecular weight excluding hydrogens is 204 g/mol. The molecule has 0 bridgehead atoms. The topological polar surface area (TPSA) is 83.8 Å². The molecule has 16 heavy (non-hydrogen) atoms. The number of H-pyrrole nitrogens is 1. The van der Waals surface area contributed by atoms with Crippen LogP contribution < -0.4 is 16.6 Å². The maximum absolute atomic E-state index is 11.1. The summed E-state index contributed by atoms with van der Waals surface area (Å²) in [5.74, 6) is 1.10. The maximum Gasteiger partial charge on any atom is 0.252 e. The molecule has 0 saturated carbocycles. The molecule has 1 aromatic rings. The molecule has 1 unspecified atom stereocenters. The molecule has 0 spiro atoms. The van der Waals surface area contributed by atoms with Gasteiger partial charge in [0.15, 0.2) is 0 Å². The minimum Gasteiger partial charge on any atom is -0.363 e. The van der Waals surface area contributed by atoms with Gasteiger partial charge in [-0.15, -0.1) is 0 Å². The highest BCUT2D eigenvalue weighted by molar-refractivity contribution is 5.35. The van der Waals surface area contributed by atoms with Crippen LogP contribution in [0.15, 0.2) is 17.2 Å². The molecular formula is C11H20N4O. The van der Waals surface area contributed by atoms with Crippen LogP contribution >= 0.6 is 0 Å². The van der Waals surface area contributed by atoms with E-state index in [-0.39, 0.29) is 11.1 Å². The highest BCUT2D eigenvalue weighted by Gasteiger charge is 2.23. The molecule has 0 amide bonds. The van der Waals surface area contributed by atoms with Gasteiger partial charge in [0.25, 0.3) is 5.56 Å². The first-order valence-electron chi connectivity index (χ1n) is 5.48. The molecule has 1 atom stereocenters. The zero-order valence-corrected chi connectivity index (χ0v) is 10.1. The van der Waals surface area contributed by atoms with Gasteiger partial charge >= 0.3 is 0 Å². The molecule has 0 aliphatic heterocycles. The van der Waals surface area contributed by atoms with Gasteiger partial charge in [-0.3, -0.25) is 4.79 Å². The van der Waals surface area contributed by atoms with Gasteiger partial charge in [0, 0.05) is 18.2 Å². The second-order valence-corrected chi connectivity index (χ2v) is 4.78. The highest BCUT2D eigenvalue weighted by Crippen LogP contribution is 2.19. The van der Waals surface area contributed by atoms with Crippen LogP contribution in [0.3, 0.4) is 0 Å². The van der Waals surface area contributed by atoms with Crippen molar-refractivity contribution in [1.29, 1.82) is 0 Å². The van der Waals surface area contributed by atoms with E-state index in [1.807, 2.05) is 6.92 Å². The molecule has 4 N–H and O–H groups in total. The molecule has 0 aromatic carbocycles. The summed E-state index contributed by atoms with van der Waals surface area (Å²) in [6, 6.07) is 1.44. The zero-order chi connectivity index (χ0) is 12.2. The summed E-state index contributed by atoms with van der Waals surface area (Å²) in [5, 5.41) is 3.22. The first-order chi connectivity index (χ1) is 7.45. The number of nitrogens with zero attached hydrogens (tertiary/aromatic N) is 1. The van der Waals surface area contributed by atoms with Crippen LogP contribution in [0.2, 0.25) is 0 Å². The Morgan fingerprint density at radius 1 is 1.62 bits per heavy atom. The van der Waals surface area contributed by atoms with E-state index in [2.05, 4.69) is 29.1 Å². The number of hydrogen-bond donors (Lipinski definition) is 3. The van der Waals surface area contributed by atoms with Crippen LogP contribution in [0.25, 0.3) is 0 Å². The molecule has 90 valence electrons. The average Bonchev–Trinajstić information content (AvgIpc) is 2.16. The van der Waals surface area contributed by atoms with Gasteiger partial charge in [-0.2, -0.15) is 0 Å². The summed E-state index contributed by atoms with van der Waals surface area (Å²) < 4.78 is 0. The largest absolute Gasteiger partial charge is 0.363 e. The predicted molar refractivity (Wildman–Crippen MR) is 65.4 cm³/mol. The second kappa shape index (κ2) is 5.12. The molecule has 0 aliphatic carbocycles. The van der Waals surface area contributed by atoms with Crippen molar-refractivity contribution in [3.05, 3.63) is 22.7 Å². The van der Waals surface area contributed by atoms with Crippen molar-refractivity contribution in [2.75, 3.05) is 11.9 Å². The summed E-state index contributed by atoms with van der Waals surface area (Å²) >= 11 is 0. The fourth-order valence-electron chi connectivity index (χ4n) is 1.83. The SMILES string of the molecule is CC(C)CC(C)(CN)Nc1cc(=O)[nH]cn1. The van der Waals surface area contributed by atoms with Crippen molar-refractivity contribution in [1.82, 2.24) is 9.97 Å². The Kier molecular flexibility index (Phi) is 4.06. The third kappa shape index (κ3) is 3.66. The van der Waals surface area contributed by atoms with Crippen molar-refractivity contribution in [3.8, 4) is 0 Å². The number of hydrogen-bond acceptors (Lipinski definition) is 4. The van der Waals surface area contributed by atoms with Gasteiger partial charge in [0.2, 0.25) is 0 Å². The van der Waals surface area contributed by atoms with Crippen molar-refractivity contribution in [2.24, 2.45) is 11.7 Å². The van der Waals surface area contributed by atoms with E-state index >= 15 is 0 Å². The summed E-state index contributed by atoms with van der Waals surface area (Å²) in [7, 11) is 0. The standard InChI is InChI=1S/C11H20N4O/c1-8(2)5-11(3,6-12)15-9-4-10(16)14-7-13-9/h4,7-8H,5-6,12H2,1-3H3,(H2,13,14,15,16). The van der Waals surface area contributed by atoms with Crippen LogP contribution in [0.1, 0.15) is 27.2 Å². The summed E-state index contributed by atoms with van der Waals surface area (Å²) in [4.78, 5) is 17.7. The van der Waals surface area contributed by atoms with E-state index in [0.717, 1.165) is 6.42 Å². The van der Waals surface area contributed by atoms with Crippen molar-refractivity contribution < 1.29 is 0 Å². The van der Waals surface area contributed by atoms with Crippen LogP contribution in [-0.2, 0) is 0 Å². The lowest BCUT2D eigenvalue weighted by Gasteiger charge is -2.31. The van der Waals surface area contributed by atoms with E-state index in [1.54, 1.807) is 0 Å². The number of nitrogens with one attached hydrogen (secondary N) is 2. The third-order valence-electron chi connectivity index (χ3n) is 2.42. The van der Waals surface area contributed by atoms with E-state index in [0.29, 0.717) is 18.3 Å². The Morgan fingerprint density at radius 3 is 2.81 bits per heavy atom. The lowest BCUT2D eigenvalue weighted by Crippen LogP contribution is -2.44. The Balaban J connectivity index is 2.80. The van der Waals surface area contributed by atoms with E-state index in [9.17, 15) is 4.79 Å². The predicted octanol–water partition coefficient (Wildman–Crippen LogP) is 0.945. The summed E-state index contributed by atoms with van der Waals surface area (Å²) in [6.45, 7) is 6.82. The molecule has 5 nitrogen and oxygen atoms in total. The first kappa shape index (κ1) is 12.7. The molecule has 1 aromatic heterocycles. The van der Waals surface area contributed by atoms with Crippen LogP contribution in [0.5, 0.6) is 0 Å². The first-order valence-corrected chi connectivity index (χ1v) is 5.48. The van der Waals surface area contributed by atoms with Gasteiger partial charge in [0.1, 0.15) is 5.82 Å². The van der Waals surface area contributed by atoms with E-state index in [1.165, 1.54) is 12.4 Å². The molecule has 1 heterocycles. The number of rotatable bonds is 5. The zero-order valence-electron chi connectivity index (χ0n) is 10.1. The maximum atomic E-state index is 11.1. The lowest BCUT2D eigenvalue weighted by molar-refractivity contribution is 0.406. The smallest absolute Gasteiger partial charge is 0.252 e. The normalized spacial score (nSPS) is 14.8. The fourth-order valence-corrected chi connectivity index (χ4v) is 1.83. The van der Waals surface area contributed by atoms with Crippen molar-refractivity contribution in [3.63, 3.8) is 0 Å². The summed E-state index contributed by atoms with van der Waals surface area (Å²) in [6.07, 6.45) is 2.31. The minimum atomic E-state index is -0.227. The molecule has 0 fully saturated rings. The molecule has 5 heteroatoms. The fraction of sp³-hybridized carbons (Fsp3) is 0.636. The Bertz CT molecular complexity index is 388. The van der Waals surface area contributed by atoms with Crippen molar-refractivity contribution >= 4 is 5.82 Å². The second-order valence-electron chi connectivity index (χ2n) is 4.78. The number of aromatic nitrogens is 2.